The first-order valence-corrected chi connectivity index (χ1v) is 12.6. The molecule has 6 rings (SSSR count). The number of ether oxygens (including phenoxy) is 1. The maximum Gasteiger partial charge on any atom is 0.119 e. The van der Waals surface area contributed by atoms with Crippen molar-refractivity contribution in [2.75, 3.05) is 13.2 Å². The van der Waals surface area contributed by atoms with Crippen molar-refractivity contribution in [2.45, 2.75) is 51.4 Å². The molecule has 4 bridgehead atoms. The van der Waals surface area contributed by atoms with Crippen LogP contribution in [0.15, 0.2) is 65.8 Å². The molecule has 4 aliphatic rings. The standard InChI is InChI=1S/C29H33ClO2/c30-26-9-5-22(6-10-26)28(29-24-16-20-15-21(18-24)19-25(29)17-20)23-7-11-27(12-8-23)32-14-4-2-1-3-13-31/h5-12,16,21,24-25,31H,1-4,13-15,17-19H2/b29-28-/t21-,24?,25?/m0/s1. The molecule has 1 N–H and O–H groups in total. The van der Waals surface area contributed by atoms with E-state index in [1.54, 1.807) is 11.1 Å². The summed E-state index contributed by atoms with van der Waals surface area (Å²) in [5, 5.41) is 9.67. The van der Waals surface area contributed by atoms with E-state index in [2.05, 4.69) is 42.5 Å². The van der Waals surface area contributed by atoms with Crippen molar-refractivity contribution in [1.82, 2.24) is 0 Å². The van der Waals surface area contributed by atoms with Crippen LogP contribution in [0.3, 0.4) is 0 Å². The summed E-state index contributed by atoms with van der Waals surface area (Å²) in [7, 11) is 0. The molecule has 32 heavy (non-hydrogen) atoms. The zero-order valence-corrected chi connectivity index (χ0v) is 19.5. The Bertz CT molecular complexity index is 987. The van der Waals surface area contributed by atoms with Crippen molar-refractivity contribution in [1.29, 1.82) is 0 Å². The Balaban J connectivity index is 1.40. The second-order valence-corrected chi connectivity index (χ2v) is 10.2. The third-order valence-corrected chi connectivity index (χ3v) is 7.68. The molecule has 0 aromatic heterocycles. The van der Waals surface area contributed by atoms with E-state index >= 15 is 0 Å². The Kier molecular flexibility index (Phi) is 6.71. The summed E-state index contributed by atoms with van der Waals surface area (Å²) in [4.78, 5) is 0. The lowest BCUT2D eigenvalue weighted by atomic mass is 9.57. The molecule has 2 saturated carbocycles. The van der Waals surface area contributed by atoms with E-state index in [0.29, 0.717) is 11.8 Å². The van der Waals surface area contributed by atoms with Crippen molar-refractivity contribution < 1.29 is 9.84 Å². The van der Waals surface area contributed by atoms with Gasteiger partial charge in [0.25, 0.3) is 0 Å². The van der Waals surface area contributed by atoms with Crippen LogP contribution < -0.4 is 4.74 Å². The molecule has 168 valence electrons. The fourth-order valence-corrected chi connectivity index (χ4v) is 6.23. The fraction of sp³-hybridized carbons (Fsp3) is 0.448. The van der Waals surface area contributed by atoms with Gasteiger partial charge in [0.15, 0.2) is 0 Å². The van der Waals surface area contributed by atoms with Gasteiger partial charge in [0.1, 0.15) is 5.75 Å². The molecular formula is C29H33ClO2. The number of allylic oxidation sites excluding steroid dienone is 3. The summed E-state index contributed by atoms with van der Waals surface area (Å²) in [6, 6.07) is 17.1. The Morgan fingerprint density at radius 3 is 2.28 bits per heavy atom. The van der Waals surface area contributed by atoms with Crippen LogP contribution in [0.25, 0.3) is 5.57 Å². The first kappa shape index (κ1) is 21.8. The van der Waals surface area contributed by atoms with Gasteiger partial charge in [-0.2, -0.15) is 0 Å². The molecule has 0 aliphatic heterocycles. The highest BCUT2D eigenvalue weighted by Gasteiger charge is 2.42. The number of benzene rings is 2. The maximum atomic E-state index is 8.88. The summed E-state index contributed by atoms with van der Waals surface area (Å²) in [5.74, 6) is 3.11. The summed E-state index contributed by atoms with van der Waals surface area (Å²) in [6.07, 6.45) is 11.9. The quantitative estimate of drug-likeness (QED) is 0.319. The van der Waals surface area contributed by atoms with Crippen molar-refractivity contribution in [3.63, 3.8) is 0 Å². The number of unbranched alkanes of at least 4 members (excludes halogenated alkanes) is 3. The van der Waals surface area contributed by atoms with Gasteiger partial charge in [0.05, 0.1) is 6.61 Å². The topological polar surface area (TPSA) is 29.5 Å². The largest absolute Gasteiger partial charge is 0.494 e. The minimum atomic E-state index is 0.285. The monoisotopic (exact) mass is 448 g/mol. The molecule has 0 saturated heterocycles. The summed E-state index contributed by atoms with van der Waals surface area (Å²) in [5.41, 5.74) is 7.30. The Hall–Kier alpha value is -2.03. The van der Waals surface area contributed by atoms with Crippen LogP contribution in [-0.4, -0.2) is 18.3 Å². The highest BCUT2D eigenvalue weighted by atomic mass is 35.5. The molecule has 2 nitrogen and oxygen atoms in total. The van der Waals surface area contributed by atoms with E-state index in [9.17, 15) is 0 Å². The summed E-state index contributed by atoms with van der Waals surface area (Å²) < 4.78 is 5.98. The molecule has 2 aromatic carbocycles. The molecule has 0 amide bonds. The van der Waals surface area contributed by atoms with Gasteiger partial charge >= 0.3 is 0 Å². The lowest BCUT2D eigenvalue weighted by molar-refractivity contribution is 0.234. The average molecular weight is 449 g/mol. The van der Waals surface area contributed by atoms with Crippen molar-refractivity contribution in [3.05, 3.63) is 81.9 Å². The minimum Gasteiger partial charge on any atom is -0.494 e. The van der Waals surface area contributed by atoms with Crippen LogP contribution in [0.5, 0.6) is 5.75 Å². The van der Waals surface area contributed by atoms with E-state index in [-0.39, 0.29) is 6.61 Å². The SMILES string of the molecule is OCCCCCCOc1ccc(/C(=C2/C3C=C4CC2C[C@@H](C4)C3)c2ccc(Cl)cc2)cc1. The maximum absolute atomic E-state index is 8.88. The van der Waals surface area contributed by atoms with Crippen molar-refractivity contribution in [2.24, 2.45) is 17.8 Å². The average Bonchev–Trinajstić information content (AvgIpc) is 2.80. The van der Waals surface area contributed by atoms with E-state index in [1.807, 2.05) is 12.1 Å². The van der Waals surface area contributed by atoms with Crippen LogP contribution in [0.1, 0.15) is 62.5 Å². The third kappa shape index (κ3) is 4.67. The molecular weight excluding hydrogens is 416 g/mol. The van der Waals surface area contributed by atoms with E-state index in [4.69, 9.17) is 21.4 Å². The van der Waals surface area contributed by atoms with Crippen molar-refractivity contribution >= 4 is 17.2 Å². The molecule has 0 heterocycles. The second-order valence-electron chi connectivity index (χ2n) is 9.72. The second kappa shape index (κ2) is 9.85. The summed E-state index contributed by atoms with van der Waals surface area (Å²) >= 11 is 6.22. The van der Waals surface area contributed by atoms with Gasteiger partial charge in [0, 0.05) is 11.6 Å². The van der Waals surface area contributed by atoms with E-state index in [1.165, 1.54) is 42.4 Å². The fourth-order valence-electron chi connectivity index (χ4n) is 6.10. The predicted octanol–water partition coefficient (Wildman–Crippen LogP) is 7.45. The van der Waals surface area contributed by atoms with Gasteiger partial charge in [0.2, 0.25) is 0 Å². The first-order chi connectivity index (χ1) is 15.7. The molecule has 2 unspecified atom stereocenters. The van der Waals surface area contributed by atoms with Gasteiger partial charge < -0.3 is 9.84 Å². The highest BCUT2D eigenvalue weighted by Crippen LogP contribution is 2.55. The van der Waals surface area contributed by atoms with Gasteiger partial charge in [-0.1, -0.05) is 59.5 Å². The summed E-state index contributed by atoms with van der Waals surface area (Å²) in [6.45, 7) is 1.02. The van der Waals surface area contributed by atoms with Gasteiger partial charge in [-0.15, -0.1) is 0 Å². The lowest BCUT2D eigenvalue weighted by Gasteiger charge is -2.47. The lowest BCUT2D eigenvalue weighted by Crippen LogP contribution is -2.35. The zero-order chi connectivity index (χ0) is 21.9. The Labute approximate surface area is 197 Å². The third-order valence-electron chi connectivity index (χ3n) is 7.43. The highest BCUT2D eigenvalue weighted by molar-refractivity contribution is 6.30. The van der Waals surface area contributed by atoms with E-state index < -0.39 is 0 Å². The van der Waals surface area contributed by atoms with Crippen LogP contribution >= 0.6 is 11.6 Å². The van der Waals surface area contributed by atoms with Crippen LogP contribution in [0.4, 0.5) is 0 Å². The van der Waals surface area contributed by atoms with Crippen LogP contribution in [0, 0.1) is 17.8 Å². The van der Waals surface area contributed by atoms with E-state index in [0.717, 1.165) is 49.0 Å². The van der Waals surface area contributed by atoms with Gasteiger partial charge in [-0.3, -0.25) is 0 Å². The molecule has 0 spiro atoms. The molecule has 4 aliphatic carbocycles. The normalized spacial score (nSPS) is 25.1. The van der Waals surface area contributed by atoms with Crippen LogP contribution in [-0.2, 0) is 0 Å². The smallest absolute Gasteiger partial charge is 0.119 e. The number of halogens is 1. The van der Waals surface area contributed by atoms with Gasteiger partial charge in [-0.05, 0) is 104 Å². The van der Waals surface area contributed by atoms with Crippen molar-refractivity contribution in [3.8, 4) is 5.75 Å². The number of hydrogen-bond acceptors (Lipinski definition) is 2. The zero-order valence-electron chi connectivity index (χ0n) is 18.7. The minimum absolute atomic E-state index is 0.285. The predicted molar refractivity (Wildman–Crippen MR) is 132 cm³/mol. The Morgan fingerprint density at radius 2 is 1.59 bits per heavy atom. The molecule has 3 atom stereocenters. The van der Waals surface area contributed by atoms with Gasteiger partial charge in [-0.25, -0.2) is 0 Å². The molecule has 2 fully saturated rings. The Morgan fingerprint density at radius 1 is 0.875 bits per heavy atom. The number of aliphatic hydroxyl groups excluding tert-OH is 1. The number of aliphatic hydroxyl groups is 1. The number of rotatable bonds is 9. The van der Waals surface area contributed by atoms with Crippen LogP contribution in [0.2, 0.25) is 5.02 Å². The molecule has 0 radical (unpaired) electrons. The number of hydrogen-bond donors (Lipinski definition) is 1. The molecule has 2 aromatic rings. The molecule has 3 heteroatoms. The first-order valence-electron chi connectivity index (χ1n) is 12.2.